The van der Waals surface area contributed by atoms with Gasteiger partial charge in [-0.3, -0.25) is 4.79 Å². The van der Waals surface area contributed by atoms with Crippen LogP contribution in [0.3, 0.4) is 0 Å². The SMILES string of the molecule is Cc1c(C(=O)OCC(=O)Nc2ccccc2OC(F)F)sc2ccccc12. The van der Waals surface area contributed by atoms with Crippen LogP contribution in [0.5, 0.6) is 5.75 Å². The van der Waals surface area contributed by atoms with Crippen LogP contribution in [0.4, 0.5) is 14.5 Å². The van der Waals surface area contributed by atoms with E-state index in [9.17, 15) is 18.4 Å². The van der Waals surface area contributed by atoms with Gasteiger partial charge in [0.05, 0.1) is 5.69 Å². The predicted octanol–water partition coefficient (Wildman–Crippen LogP) is 4.61. The molecule has 0 saturated heterocycles. The lowest BCUT2D eigenvalue weighted by atomic mass is 10.1. The van der Waals surface area contributed by atoms with Gasteiger partial charge < -0.3 is 14.8 Å². The Morgan fingerprint density at radius 1 is 1.11 bits per heavy atom. The first-order chi connectivity index (χ1) is 13.0. The number of alkyl halides is 2. The lowest BCUT2D eigenvalue weighted by Gasteiger charge is -2.11. The number of amides is 1. The Labute approximate surface area is 157 Å². The molecule has 0 aliphatic heterocycles. The Balaban J connectivity index is 1.64. The van der Waals surface area contributed by atoms with Crippen LogP contribution < -0.4 is 10.1 Å². The quantitative estimate of drug-likeness (QED) is 0.624. The van der Waals surface area contributed by atoms with Gasteiger partial charge in [0, 0.05) is 4.70 Å². The van der Waals surface area contributed by atoms with Crippen molar-refractivity contribution in [1.82, 2.24) is 0 Å². The maximum absolute atomic E-state index is 12.4. The van der Waals surface area contributed by atoms with Gasteiger partial charge in [-0.25, -0.2) is 4.79 Å². The van der Waals surface area contributed by atoms with Crippen molar-refractivity contribution in [3.63, 3.8) is 0 Å². The number of nitrogens with one attached hydrogen (secondary N) is 1. The van der Waals surface area contributed by atoms with E-state index < -0.39 is 25.1 Å². The summed E-state index contributed by atoms with van der Waals surface area (Å²) in [6.07, 6.45) is 0. The maximum atomic E-state index is 12.4. The van der Waals surface area contributed by atoms with Crippen molar-refractivity contribution in [3.8, 4) is 5.75 Å². The third-order valence-electron chi connectivity index (χ3n) is 3.74. The van der Waals surface area contributed by atoms with Crippen LogP contribution in [0.2, 0.25) is 0 Å². The normalized spacial score (nSPS) is 10.8. The standard InChI is InChI=1S/C19H15F2NO4S/c1-11-12-6-2-5-9-15(12)27-17(11)18(24)25-10-16(23)22-13-7-3-4-8-14(13)26-19(20)21/h2-9,19H,10H2,1H3,(H,22,23). The van der Waals surface area contributed by atoms with Crippen molar-refractivity contribution in [2.45, 2.75) is 13.5 Å². The highest BCUT2D eigenvalue weighted by Crippen LogP contribution is 2.31. The molecule has 1 N–H and O–H groups in total. The van der Waals surface area contributed by atoms with Gasteiger partial charge in [-0.1, -0.05) is 30.3 Å². The van der Waals surface area contributed by atoms with E-state index in [-0.39, 0.29) is 11.4 Å². The van der Waals surface area contributed by atoms with E-state index in [1.807, 2.05) is 31.2 Å². The van der Waals surface area contributed by atoms with Crippen molar-refractivity contribution in [3.05, 3.63) is 59.0 Å². The zero-order valence-corrected chi connectivity index (χ0v) is 15.0. The summed E-state index contributed by atoms with van der Waals surface area (Å²) in [5.41, 5.74) is 0.855. The molecule has 1 aromatic heterocycles. The van der Waals surface area contributed by atoms with Crippen molar-refractivity contribution in [2.75, 3.05) is 11.9 Å². The molecule has 0 aliphatic carbocycles. The van der Waals surface area contributed by atoms with Crippen molar-refractivity contribution < 1.29 is 27.8 Å². The van der Waals surface area contributed by atoms with Gasteiger partial charge in [-0.05, 0) is 36.1 Å². The molecule has 140 valence electrons. The number of para-hydroxylation sites is 2. The molecule has 3 rings (SSSR count). The third kappa shape index (κ3) is 4.40. The van der Waals surface area contributed by atoms with E-state index in [1.165, 1.54) is 29.5 Å². The van der Waals surface area contributed by atoms with Gasteiger partial charge in [0.25, 0.3) is 5.91 Å². The van der Waals surface area contributed by atoms with Crippen molar-refractivity contribution in [1.29, 1.82) is 0 Å². The van der Waals surface area contributed by atoms with Crippen molar-refractivity contribution >= 4 is 39.0 Å². The fourth-order valence-electron chi connectivity index (χ4n) is 2.52. The van der Waals surface area contributed by atoms with Crippen LogP contribution in [0.1, 0.15) is 15.2 Å². The van der Waals surface area contributed by atoms with E-state index in [1.54, 1.807) is 6.07 Å². The summed E-state index contributed by atoms with van der Waals surface area (Å²) in [5.74, 6) is -1.44. The van der Waals surface area contributed by atoms with Crippen LogP contribution in [0.15, 0.2) is 48.5 Å². The smallest absolute Gasteiger partial charge is 0.387 e. The van der Waals surface area contributed by atoms with Gasteiger partial charge >= 0.3 is 12.6 Å². The molecular weight excluding hydrogens is 376 g/mol. The minimum atomic E-state index is -3.02. The van der Waals surface area contributed by atoms with Gasteiger partial charge in [0.1, 0.15) is 10.6 Å². The minimum absolute atomic E-state index is 0.0666. The molecule has 0 aliphatic rings. The number of esters is 1. The number of aryl methyl sites for hydroxylation is 1. The summed E-state index contributed by atoms with van der Waals surface area (Å²) in [4.78, 5) is 24.7. The number of benzene rings is 2. The average molecular weight is 391 g/mol. The topological polar surface area (TPSA) is 64.6 Å². The number of fused-ring (bicyclic) bond motifs is 1. The molecule has 0 spiro atoms. The van der Waals surface area contributed by atoms with Crippen LogP contribution in [-0.4, -0.2) is 25.1 Å². The highest BCUT2D eigenvalue weighted by atomic mass is 32.1. The second-order valence-corrected chi connectivity index (χ2v) is 6.60. The molecule has 27 heavy (non-hydrogen) atoms. The summed E-state index contributed by atoms with van der Waals surface area (Å²) >= 11 is 1.29. The zero-order chi connectivity index (χ0) is 19.4. The second-order valence-electron chi connectivity index (χ2n) is 5.55. The van der Waals surface area contributed by atoms with E-state index in [0.717, 1.165) is 15.6 Å². The first-order valence-corrected chi connectivity index (χ1v) is 8.76. The number of carbonyl (C=O) groups is 2. The van der Waals surface area contributed by atoms with Gasteiger partial charge in [0.15, 0.2) is 6.61 Å². The number of hydrogen-bond acceptors (Lipinski definition) is 5. The Hall–Kier alpha value is -3.00. The molecule has 0 fully saturated rings. The third-order valence-corrected chi connectivity index (χ3v) is 4.99. The van der Waals surface area contributed by atoms with Gasteiger partial charge in [-0.15, -0.1) is 11.3 Å². The molecule has 0 unspecified atom stereocenters. The lowest BCUT2D eigenvalue weighted by molar-refractivity contribution is -0.119. The van der Waals surface area contributed by atoms with Gasteiger partial charge in [0.2, 0.25) is 0 Å². The molecule has 0 atom stereocenters. The van der Waals surface area contributed by atoms with Crippen LogP contribution in [-0.2, 0) is 9.53 Å². The molecule has 0 bridgehead atoms. The van der Waals surface area contributed by atoms with Crippen LogP contribution in [0, 0.1) is 6.92 Å². The lowest BCUT2D eigenvalue weighted by Crippen LogP contribution is -2.21. The van der Waals surface area contributed by atoms with E-state index in [4.69, 9.17) is 4.74 Å². The Bertz CT molecular complexity index is 987. The number of rotatable bonds is 6. The summed E-state index contributed by atoms with van der Waals surface area (Å²) < 4.78 is 35.2. The Morgan fingerprint density at radius 2 is 1.81 bits per heavy atom. The highest BCUT2D eigenvalue weighted by molar-refractivity contribution is 7.21. The molecule has 1 amide bonds. The Morgan fingerprint density at radius 3 is 2.56 bits per heavy atom. The van der Waals surface area contributed by atoms with Crippen molar-refractivity contribution in [2.24, 2.45) is 0 Å². The molecule has 0 radical (unpaired) electrons. The minimum Gasteiger partial charge on any atom is -0.451 e. The summed E-state index contributed by atoms with van der Waals surface area (Å²) in [7, 11) is 0. The molecule has 0 saturated carbocycles. The fourth-order valence-corrected chi connectivity index (χ4v) is 3.62. The number of thiophene rings is 1. The number of ether oxygens (including phenoxy) is 2. The Kier molecular flexibility index (Phi) is 5.66. The summed E-state index contributed by atoms with van der Waals surface area (Å²) in [6.45, 7) is -1.75. The zero-order valence-electron chi connectivity index (χ0n) is 14.2. The number of halogens is 2. The first kappa shape index (κ1) is 18.8. The summed E-state index contributed by atoms with van der Waals surface area (Å²) in [5, 5.41) is 3.35. The maximum Gasteiger partial charge on any atom is 0.387 e. The largest absolute Gasteiger partial charge is 0.451 e. The number of anilines is 1. The molecule has 2 aromatic carbocycles. The monoisotopic (exact) mass is 391 g/mol. The molecule has 5 nitrogen and oxygen atoms in total. The van der Waals surface area contributed by atoms with Crippen LogP contribution in [0.25, 0.3) is 10.1 Å². The average Bonchev–Trinajstić information content (AvgIpc) is 2.98. The molecule has 3 aromatic rings. The number of carbonyl (C=O) groups excluding carboxylic acids is 2. The van der Waals surface area contributed by atoms with Crippen LogP contribution >= 0.6 is 11.3 Å². The molecule has 8 heteroatoms. The van der Waals surface area contributed by atoms with Gasteiger partial charge in [-0.2, -0.15) is 8.78 Å². The fraction of sp³-hybridized carbons (Fsp3) is 0.158. The van der Waals surface area contributed by atoms with E-state index in [0.29, 0.717) is 4.88 Å². The predicted molar refractivity (Wildman–Crippen MR) is 98.5 cm³/mol. The van der Waals surface area contributed by atoms with E-state index in [2.05, 4.69) is 10.1 Å². The summed E-state index contributed by atoms with van der Waals surface area (Å²) in [6, 6.07) is 13.3. The first-order valence-electron chi connectivity index (χ1n) is 7.94. The number of hydrogen-bond donors (Lipinski definition) is 1. The van der Waals surface area contributed by atoms with E-state index >= 15 is 0 Å². The molecular formula is C19H15F2NO4S. The second kappa shape index (κ2) is 8.13. The molecule has 1 heterocycles. The highest BCUT2D eigenvalue weighted by Gasteiger charge is 2.18.